The molecule has 1 amide bonds. The lowest BCUT2D eigenvalue weighted by atomic mass is 10.1. The van der Waals surface area contributed by atoms with Crippen LogP contribution in [0.4, 0.5) is 0 Å². The maximum Gasteiger partial charge on any atom is 0.253 e. The summed E-state index contributed by atoms with van der Waals surface area (Å²) in [5.41, 5.74) is 2.75. The second-order valence-electron chi connectivity index (χ2n) is 7.49. The highest BCUT2D eigenvalue weighted by Crippen LogP contribution is 2.17. The lowest BCUT2D eigenvalue weighted by Crippen LogP contribution is -2.34. The molecular weight excluding hydrogens is 414 g/mol. The van der Waals surface area contributed by atoms with Crippen LogP contribution in [-0.2, 0) is 11.2 Å². The molecular formula is C24H38ClN3O3. The second kappa shape index (κ2) is 14.2. The number of nitrogens with zero attached hydrogens (tertiary/aromatic N) is 2. The quantitative estimate of drug-likeness (QED) is 0.422. The largest absolute Gasteiger partial charge is 0.387 e. The SMILES string of the molecule is CC.COC(C)CN(C)C(=O)c1ccc(CCNCC(O)C2=CC=C(Cl)N(C)C2)cc1. The van der Waals surface area contributed by atoms with Gasteiger partial charge in [0, 0.05) is 46.4 Å². The van der Waals surface area contributed by atoms with Crippen LogP contribution >= 0.6 is 11.6 Å². The minimum Gasteiger partial charge on any atom is -0.387 e. The summed E-state index contributed by atoms with van der Waals surface area (Å²) in [6.45, 7) is 8.36. The smallest absolute Gasteiger partial charge is 0.253 e. The third-order valence-electron chi connectivity index (χ3n) is 5.06. The minimum atomic E-state index is -0.538. The molecule has 2 rings (SSSR count). The van der Waals surface area contributed by atoms with Gasteiger partial charge < -0.3 is 25.0 Å². The van der Waals surface area contributed by atoms with Crippen LogP contribution in [0.2, 0.25) is 0 Å². The van der Waals surface area contributed by atoms with Gasteiger partial charge in [0.15, 0.2) is 0 Å². The van der Waals surface area contributed by atoms with E-state index in [-0.39, 0.29) is 12.0 Å². The molecule has 1 aliphatic heterocycles. The molecule has 0 spiro atoms. The van der Waals surface area contributed by atoms with E-state index in [1.807, 2.05) is 63.1 Å². The molecule has 0 saturated heterocycles. The number of halogens is 1. The molecule has 0 saturated carbocycles. The Hall–Kier alpha value is -1.86. The van der Waals surface area contributed by atoms with Gasteiger partial charge in [-0.05, 0) is 49.2 Å². The molecule has 31 heavy (non-hydrogen) atoms. The van der Waals surface area contributed by atoms with E-state index in [1.54, 1.807) is 25.1 Å². The van der Waals surface area contributed by atoms with Crippen molar-refractivity contribution in [2.45, 2.75) is 39.4 Å². The van der Waals surface area contributed by atoms with Crippen molar-refractivity contribution in [3.05, 3.63) is 58.3 Å². The average Bonchev–Trinajstić information content (AvgIpc) is 2.79. The van der Waals surface area contributed by atoms with Crippen LogP contribution in [0.3, 0.4) is 0 Å². The van der Waals surface area contributed by atoms with Gasteiger partial charge >= 0.3 is 0 Å². The van der Waals surface area contributed by atoms with Crippen molar-refractivity contribution < 1.29 is 14.6 Å². The van der Waals surface area contributed by atoms with Crippen LogP contribution in [-0.4, -0.2) is 80.4 Å². The molecule has 2 unspecified atom stereocenters. The van der Waals surface area contributed by atoms with E-state index in [4.69, 9.17) is 16.3 Å². The molecule has 1 aliphatic rings. The minimum absolute atomic E-state index is 0.00225. The summed E-state index contributed by atoms with van der Waals surface area (Å²) in [5, 5.41) is 14.3. The van der Waals surface area contributed by atoms with Gasteiger partial charge in [-0.3, -0.25) is 4.79 Å². The van der Waals surface area contributed by atoms with Crippen molar-refractivity contribution in [3.63, 3.8) is 0 Å². The molecule has 1 aromatic carbocycles. The Bertz CT molecular complexity index is 734. The standard InChI is InChI=1S/C22H32ClN3O3.C2H6/c1-16(29-4)14-26(3)22(28)18-7-5-17(6-8-18)11-12-24-13-20(27)19-9-10-21(23)25(2)15-19;1-2/h5-10,16,20,24,27H,11-15H2,1-4H3;1-2H3. The number of aliphatic hydroxyl groups excluding tert-OH is 1. The highest BCUT2D eigenvalue weighted by molar-refractivity contribution is 6.29. The number of hydrogen-bond acceptors (Lipinski definition) is 5. The number of allylic oxidation sites excluding steroid dienone is 2. The average molecular weight is 452 g/mol. The zero-order valence-corrected chi connectivity index (χ0v) is 20.4. The first kappa shape index (κ1) is 27.2. The molecule has 0 bridgehead atoms. The maximum atomic E-state index is 12.4. The van der Waals surface area contributed by atoms with Crippen molar-refractivity contribution in [1.29, 1.82) is 0 Å². The third kappa shape index (κ3) is 9.03. The summed E-state index contributed by atoms with van der Waals surface area (Å²) in [5.74, 6) is -0.0124. The lowest BCUT2D eigenvalue weighted by molar-refractivity contribution is 0.0600. The Kier molecular flexibility index (Phi) is 12.5. The van der Waals surface area contributed by atoms with Gasteiger partial charge in [0.25, 0.3) is 5.91 Å². The first-order chi connectivity index (χ1) is 14.8. The number of likely N-dealkylation sites (N-methyl/N-ethyl adjacent to an activating group) is 2. The fraction of sp³-hybridized carbons (Fsp3) is 0.542. The Morgan fingerprint density at radius 3 is 2.52 bits per heavy atom. The highest BCUT2D eigenvalue weighted by atomic mass is 35.5. The molecule has 1 aromatic rings. The van der Waals surface area contributed by atoms with E-state index < -0.39 is 6.10 Å². The van der Waals surface area contributed by atoms with Crippen molar-refractivity contribution in [1.82, 2.24) is 15.1 Å². The third-order valence-corrected chi connectivity index (χ3v) is 5.47. The number of methoxy groups -OCH3 is 1. The molecule has 2 atom stereocenters. The van der Waals surface area contributed by atoms with Gasteiger partial charge in [0.2, 0.25) is 0 Å². The van der Waals surface area contributed by atoms with E-state index in [1.165, 1.54) is 0 Å². The Morgan fingerprint density at radius 1 is 1.29 bits per heavy atom. The van der Waals surface area contributed by atoms with Crippen LogP contribution in [0.25, 0.3) is 0 Å². The molecule has 174 valence electrons. The molecule has 7 heteroatoms. The zero-order chi connectivity index (χ0) is 23.4. The summed E-state index contributed by atoms with van der Waals surface area (Å²) in [6, 6.07) is 7.67. The molecule has 2 N–H and O–H groups in total. The monoisotopic (exact) mass is 451 g/mol. The van der Waals surface area contributed by atoms with Crippen LogP contribution < -0.4 is 5.32 Å². The predicted octanol–water partition coefficient (Wildman–Crippen LogP) is 3.26. The van der Waals surface area contributed by atoms with E-state index in [0.717, 1.165) is 24.1 Å². The second-order valence-corrected chi connectivity index (χ2v) is 7.87. The fourth-order valence-corrected chi connectivity index (χ4v) is 3.22. The Balaban J connectivity index is 0.00000233. The lowest BCUT2D eigenvalue weighted by Gasteiger charge is -2.26. The maximum absolute atomic E-state index is 12.4. The highest BCUT2D eigenvalue weighted by Gasteiger charge is 2.17. The van der Waals surface area contributed by atoms with Crippen LogP contribution in [0.5, 0.6) is 0 Å². The van der Waals surface area contributed by atoms with Crippen molar-refractivity contribution >= 4 is 17.5 Å². The van der Waals surface area contributed by atoms with E-state index in [9.17, 15) is 9.90 Å². The molecule has 0 radical (unpaired) electrons. The van der Waals surface area contributed by atoms with Crippen LogP contribution in [0.1, 0.15) is 36.7 Å². The van der Waals surface area contributed by atoms with Gasteiger partial charge in [0.1, 0.15) is 5.16 Å². The summed E-state index contributed by atoms with van der Waals surface area (Å²) >= 11 is 6.02. The van der Waals surface area contributed by atoms with Crippen LogP contribution in [0.15, 0.2) is 47.1 Å². The summed E-state index contributed by atoms with van der Waals surface area (Å²) in [4.78, 5) is 16.0. The van der Waals surface area contributed by atoms with Crippen LogP contribution in [0, 0.1) is 0 Å². The number of amides is 1. The van der Waals surface area contributed by atoms with E-state index in [2.05, 4.69) is 5.32 Å². The van der Waals surface area contributed by atoms with Gasteiger partial charge in [-0.15, -0.1) is 0 Å². The van der Waals surface area contributed by atoms with E-state index >= 15 is 0 Å². The van der Waals surface area contributed by atoms with E-state index in [0.29, 0.717) is 30.4 Å². The first-order valence-corrected chi connectivity index (χ1v) is 11.2. The number of carbonyl (C=O) groups excluding carboxylic acids is 1. The van der Waals surface area contributed by atoms with Crippen molar-refractivity contribution in [3.8, 4) is 0 Å². The van der Waals surface area contributed by atoms with Gasteiger partial charge in [-0.25, -0.2) is 0 Å². The predicted molar refractivity (Wildman–Crippen MR) is 128 cm³/mol. The van der Waals surface area contributed by atoms with Gasteiger partial charge in [0.05, 0.1) is 12.2 Å². The molecule has 0 aliphatic carbocycles. The summed E-state index contributed by atoms with van der Waals surface area (Å²) in [6.07, 6.45) is 3.97. The van der Waals surface area contributed by atoms with Gasteiger partial charge in [-0.2, -0.15) is 0 Å². The Morgan fingerprint density at radius 2 is 1.94 bits per heavy atom. The number of aliphatic hydroxyl groups is 1. The Labute approximate surface area is 192 Å². The molecule has 1 heterocycles. The number of carbonyl (C=O) groups is 1. The zero-order valence-electron chi connectivity index (χ0n) is 19.7. The molecule has 0 aromatic heterocycles. The van der Waals surface area contributed by atoms with Gasteiger partial charge in [-0.1, -0.05) is 43.7 Å². The number of ether oxygens (including phenoxy) is 1. The van der Waals surface area contributed by atoms with Crippen molar-refractivity contribution in [2.75, 3.05) is 47.4 Å². The topological polar surface area (TPSA) is 65.0 Å². The fourth-order valence-electron chi connectivity index (χ4n) is 3.10. The number of rotatable bonds is 10. The molecule has 6 nitrogen and oxygen atoms in total. The first-order valence-electron chi connectivity index (χ1n) is 10.8. The summed E-state index contributed by atoms with van der Waals surface area (Å²) in [7, 11) is 5.32. The number of benzene rings is 1. The van der Waals surface area contributed by atoms with Crippen molar-refractivity contribution in [2.24, 2.45) is 0 Å². The number of nitrogens with one attached hydrogen (secondary N) is 1. The molecule has 0 fully saturated rings. The normalized spacial score (nSPS) is 15.3. The number of hydrogen-bond donors (Lipinski definition) is 2. The summed E-state index contributed by atoms with van der Waals surface area (Å²) < 4.78 is 5.21.